The van der Waals surface area contributed by atoms with Gasteiger partial charge in [0.1, 0.15) is 5.82 Å². The predicted octanol–water partition coefficient (Wildman–Crippen LogP) is 0.414. The third-order valence-corrected chi connectivity index (χ3v) is 2.14. The number of nitrogens with one attached hydrogen (secondary N) is 2. The van der Waals surface area contributed by atoms with Crippen LogP contribution < -0.4 is 5.32 Å². The minimum absolute atomic E-state index is 0.0969. The molecule has 0 aliphatic rings. The van der Waals surface area contributed by atoms with E-state index in [4.69, 9.17) is 5.11 Å². The van der Waals surface area contributed by atoms with E-state index in [0.29, 0.717) is 12.4 Å². The standard InChI is InChI=1S/C10H16N4O3/c1-7(5-9(15)16)13-10(17)14(2)6-8-11-3-4-12-8/h3-4,7H,5-6H2,1-2H3,(H,11,12)(H,13,17)(H,15,16). The van der Waals surface area contributed by atoms with E-state index < -0.39 is 12.0 Å². The molecular formula is C10H16N4O3. The van der Waals surface area contributed by atoms with Gasteiger partial charge in [0.15, 0.2) is 0 Å². The molecule has 3 N–H and O–H groups in total. The number of amides is 2. The van der Waals surface area contributed by atoms with Crippen LogP contribution in [0, 0.1) is 0 Å². The molecule has 1 rings (SSSR count). The maximum Gasteiger partial charge on any atom is 0.317 e. The van der Waals surface area contributed by atoms with Crippen molar-refractivity contribution in [3.63, 3.8) is 0 Å². The fourth-order valence-corrected chi connectivity index (χ4v) is 1.31. The molecule has 1 atom stereocenters. The van der Waals surface area contributed by atoms with Gasteiger partial charge in [0.05, 0.1) is 13.0 Å². The molecule has 0 aliphatic heterocycles. The lowest BCUT2D eigenvalue weighted by molar-refractivity contribution is -0.137. The molecule has 7 heteroatoms. The van der Waals surface area contributed by atoms with Gasteiger partial charge < -0.3 is 20.3 Å². The molecule has 0 fully saturated rings. The first kappa shape index (κ1) is 13.0. The van der Waals surface area contributed by atoms with Crippen LogP contribution in [0.5, 0.6) is 0 Å². The second-order valence-electron chi connectivity index (χ2n) is 3.84. The Hall–Kier alpha value is -2.05. The second-order valence-corrected chi connectivity index (χ2v) is 3.84. The Labute approximate surface area is 98.8 Å². The maximum absolute atomic E-state index is 11.6. The number of carbonyl (C=O) groups is 2. The molecule has 2 amide bonds. The number of hydrogen-bond donors (Lipinski definition) is 3. The molecule has 94 valence electrons. The number of aromatic nitrogens is 2. The van der Waals surface area contributed by atoms with Crippen molar-refractivity contribution in [2.45, 2.75) is 25.9 Å². The molecule has 0 saturated heterocycles. The molecule has 1 aromatic heterocycles. The van der Waals surface area contributed by atoms with Gasteiger partial charge in [-0.05, 0) is 6.92 Å². The number of nitrogens with zero attached hydrogens (tertiary/aromatic N) is 2. The first-order chi connectivity index (χ1) is 7.99. The molecule has 1 unspecified atom stereocenters. The van der Waals surface area contributed by atoms with Gasteiger partial charge in [-0.3, -0.25) is 4.79 Å². The molecule has 1 aromatic rings. The molecule has 0 radical (unpaired) electrons. The largest absolute Gasteiger partial charge is 0.481 e. The van der Waals surface area contributed by atoms with Crippen LogP contribution in [0.15, 0.2) is 12.4 Å². The zero-order valence-corrected chi connectivity index (χ0v) is 9.80. The van der Waals surface area contributed by atoms with E-state index in [1.807, 2.05) is 0 Å². The van der Waals surface area contributed by atoms with E-state index in [0.717, 1.165) is 0 Å². The smallest absolute Gasteiger partial charge is 0.317 e. The zero-order chi connectivity index (χ0) is 12.8. The Balaban J connectivity index is 2.39. The second kappa shape index (κ2) is 5.88. The minimum Gasteiger partial charge on any atom is -0.481 e. The first-order valence-electron chi connectivity index (χ1n) is 5.20. The quantitative estimate of drug-likeness (QED) is 0.694. The molecule has 17 heavy (non-hydrogen) atoms. The fraction of sp³-hybridized carbons (Fsp3) is 0.500. The molecule has 1 heterocycles. The van der Waals surface area contributed by atoms with Crippen LogP contribution in [0.3, 0.4) is 0 Å². The van der Waals surface area contributed by atoms with E-state index in [9.17, 15) is 9.59 Å². The summed E-state index contributed by atoms with van der Waals surface area (Å²) in [6, 6.07) is -0.728. The highest BCUT2D eigenvalue weighted by Gasteiger charge is 2.14. The number of carboxylic acids is 1. The fourth-order valence-electron chi connectivity index (χ4n) is 1.31. The van der Waals surface area contributed by atoms with Crippen molar-refractivity contribution in [1.82, 2.24) is 20.2 Å². The molecule has 0 aromatic carbocycles. The van der Waals surface area contributed by atoms with Crippen LogP contribution in [0.25, 0.3) is 0 Å². The summed E-state index contributed by atoms with van der Waals surface area (Å²) in [5, 5.41) is 11.2. The number of carbonyl (C=O) groups excluding carboxylic acids is 1. The van der Waals surface area contributed by atoms with Crippen molar-refractivity contribution in [1.29, 1.82) is 0 Å². The van der Waals surface area contributed by atoms with Gasteiger partial charge >= 0.3 is 12.0 Å². The van der Waals surface area contributed by atoms with E-state index in [1.54, 1.807) is 26.4 Å². The maximum atomic E-state index is 11.6. The van der Waals surface area contributed by atoms with Gasteiger partial charge in [0.25, 0.3) is 0 Å². The molecule has 0 bridgehead atoms. The predicted molar refractivity (Wildman–Crippen MR) is 60.3 cm³/mol. The third kappa shape index (κ3) is 4.54. The van der Waals surface area contributed by atoms with Crippen LogP contribution in [-0.2, 0) is 11.3 Å². The van der Waals surface area contributed by atoms with Crippen LogP contribution in [-0.4, -0.2) is 45.1 Å². The highest BCUT2D eigenvalue weighted by atomic mass is 16.4. The van der Waals surface area contributed by atoms with Crippen molar-refractivity contribution in [2.24, 2.45) is 0 Å². The summed E-state index contributed by atoms with van der Waals surface area (Å²) in [6.45, 7) is 1.99. The number of rotatable bonds is 5. The van der Waals surface area contributed by atoms with Crippen molar-refractivity contribution < 1.29 is 14.7 Å². The number of imidazole rings is 1. The average Bonchev–Trinajstić information content (AvgIpc) is 2.68. The van der Waals surface area contributed by atoms with E-state index in [-0.39, 0.29) is 12.5 Å². The van der Waals surface area contributed by atoms with E-state index >= 15 is 0 Å². The molecule has 0 spiro atoms. The Morgan fingerprint density at radius 2 is 2.35 bits per heavy atom. The average molecular weight is 240 g/mol. The van der Waals surface area contributed by atoms with Crippen molar-refractivity contribution >= 4 is 12.0 Å². The topological polar surface area (TPSA) is 98.3 Å². The molecule has 0 aliphatic carbocycles. The first-order valence-corrected chi connectivity index (χ1v) is 5.20. The number of hydrogen-bond acceptors (Lipinski definition) is 3. The Morgan fingerprint density at radius 3 is 2.88 bits per heavy atom. The van der Waals surface area contributed by atoms with Crippen LogP contribution >= 0.6 is 0 Å². The summed E-state index contributed by atoms with van der Waals surface area (Å²) in [5.41, 5.74) is 0. The number of aliphatic carboxylic acids is 1. The Kier molecular flexibility index (Phi) is 4.50. The summed E-state index contributed by atoms with van der Waals surface area (Å²) in [4.78, 5) is 30.4. The van der Waals surface area contributed by atoms with Gasteiger partial charge in [0.2, 0.25) is 0 Å². The van der Waals surface area contributed by atoms with Gasteiger partial charge in [-0.1, -0.05) is 0 Å². The lowest BCUT2D eigenvalue weighted by atomic mass is 10.2. The SMILES string of the molecule is CC(CC(=O)O)NC(=O)N(C)Cc1ncc[nH]1. The molecular weight excluding hydrogens is 224 g/mol. The number of carboxylic acid groups (broad SMARTS) is 1. The Bertz CT molecular complexity index is 377. The summed E-state index contributed by atoms with van der Waals surface area (Å²) >= 11 is 0. The molecule has 0 saturated carbocycles. The van der Waals surface area contributed by atoms with Gasteiger partial charge in [-0.15, -0.1) is 0 Å². The summed E-state index contributed by atoms with van der Waals surface area (Å²) < 4.78 is 0. The van der Waals surface area contributed by atoms with E-state index in [1.165, 1.54) is 4.90 Å². The number of aromatic amines is 1. The summed E-state index contributed by atoms with van der Waals surface area (Å²) in [6.07, 6.45) is 3.18. The van der Waals surface area contributed by atoms with E-state index in [2.05, 4.69) is 15.3 Å². The molecule has 7 nitrogen and oxygen atoms in total. The zero-order valence-electron chi connectivity index (χ0n) is 9.80. The third-order valence-electron chi connectivity index (χ3n) is 2.14. The number of H-pyrrole nitrogens is 1. The summed E-state index contributed by atoms with van der Waals surface area (Å²) in [7, 11) is 1.62. The van der Waals surface area contributed by atoms with Gasteiger partial charge in [-0.2, -0.15) is 0 Å². The summed E-state index contributed by atoms with van der Waals surface area (Å²) in [5.74, 6) is -0.264. The van der Waals surface area contributed by atoms with Crippen LogP contribution in [0.1, 0.15) is 19.2 Å². The Morgan fingerprint density at radius 1 is 1.65 bits per heavy atom. The van der Waals surface area contributed by atoms with Crippen LogP contribution in [0.2, 0.25) is 0 Å². The van der Waals surface area contributed by atoms with Crippen molar-refractivity contribution in [3.05, 3.63) is 18.2 Å². The minimum atomic E-state index is -0.938. The van der Waals surface area contributed by atoms with Crippen LogP contribution in [0.4, 0.5) is 4.79 Å². The lowest BCUT2D eigenvalue weighted by Gasteiger charge is -2.19. The van der Waals surface area contributed by atoms with Crippen molar-refractivity contribution in [2.75, 3.05) is 7.05 Å². The number of urea groups is 1. The highest BCUT2D eigenvalue weighted by Crippen LogP contribution is 1.98. The highest BCUT2D eigenvalue weighted by molar-refractivity contribution is 5.75. The van der Waals surface area contributed by atoms with Gasteiger partial charge in [0, 0.05) is 25.5 Å². The van der Waals surface area contributed by atoms with Gasteiger partial charge in [-0.25, -0.2) is 9.78 Å². The van der Waals surface area contributed by atoms with Crippen molar-refractivity contribution in [3.8, 4) is 0 Å². The monoisotopic (exact) mass is 240 g/mol. The lowest BCUT2D eigenvalue weighted by Crippen LogP contribution is -2.42. The normalized spacial score (nSPS) is 11.9.